The van der Waals surface area contributed by atoms with E-state index in [-0.39, 0.29) is 11.4 Å². The van der Waals surface area contributed by atoms with Crippen LogP contribution in [0.2, 0.25) is 0 Å². The maximum Gasteiger partial charge on any atom is 0.221 e. The molecule has 5 heteroatoms. The first-order valence-corrected chi connectivity index (χ1v) is 9.44. The molecule has 2 N–H and O–H groups in total. The van der Waals surface area contributed by atoms with Gasteiger partial charge in [0.1, 0.15) is 0 Å². The molecule has 3 rings (SSSR count). The third kappa shape index (κ3) is 4.25. The van der Waals surface area contributed by atoms with E-state index in [9.17, 15) is 9.90 Å². The summed E-state index contributed by atoms with van der Waals surface area (Å²) in [6, 6.07) is 0. The Bertz CT molecular complexity index is 395. The van der Waals surface area contributed by atoms with Crippen LogP contribution >= 0.6 is 0 Å². The molecule has 0 atom stereocenters. The first-order valence-electron chi connectivity index (χ1n) is 9.44. The van der Waals surface area contributed by atoms with Crippen molar-refractivity contribution in [3.8, 4) is 0 Å². The van der Waals surface area contributed by atoms with Gasteiger partial charge in [-0.3, -0.25) is 9.69 Å². The Morgan fingerprint density at radius 3 is 2.26 bits per heavy atom. The predicted molar refractivity (Wildman–Crippen MR) is 89.3 cm³/mol. The molecule has 0 radical (unpaired) electrons. The van der Waals surface area contributed by atoms with Gasteiger partial charge in [-0.05, 0) is 25.7 Å². The average Bonchev–Trinajstić information content (AvgIpc) is 3.04. The number of ether oxygens (including phenoxy) is 1. The Labute approximate surface area is 139 Å². The minimum Gasteiger partial charge on any atom is -0.388 e. The lowest BCUT2D eigenvalue weighted by molar-refractivity contribution is -0.127. The highest BCUT2D eigenvalue weighted by molar-refractivity contribution is 5.77. The lowest BCUT2D eigenvalue weighted by Gasteiger charge is -2.43. The first-order chi connectivity index (χ1) is 11.1. The van der Waals surface area contributed by atoms with Crippen LogP contribution in [0.3, 0.4) is 0 Å². The summed E-state index contributed by atoms with van der Waals surface area (Å²) in [4.78, 5) is 15.0. The monoisotopic (exact) mass is 324 g/mol. The van der Waals surface area contributed by atoms with Gasteiger partial charge in [0.25, 0.3) is 0 Å². The fraction of sp³-hybridized carbons (Fsp3) is 0.944. The van der Waals surface area contributed by atoms with Gasteiger partial charge in [-0.1, -0.05) is 32.1 Å². The van der Waals surface area contributed by atoms with E-state index in [1.807, 2.05) is 0 Å². The Balaban J connectivity index is 1.54. The molecule has 1 heterocycles. The van der Waals surface area contributed by atoms with Gasteiger partial charge < -0.3 is 15.2 Å². The summed E-state index contributed by atoms with van der Waals surface area (Å²) in [5.74, 6) is 0.109. The van der Waals surface area contributed by atoms with Crippen LogP contribution in [0.1, 0.15) is 64.2 Å². The summed E-state index contributed by atoms with van der Waals surface area (Å²) in [5, 5.41) is 13.6. The van der Waals surface area contributed by atoms with Gasteiger partial charge in [0.15, 0.2) is 0 Å². The highest BCUT2D eigenvalue weighted by Gasteiger charge is 2.42. The van der Waals surface area contributed by atoms with Gasteiger partial charge in [-0.25, -0.2) is 0 Å². The molecule has 132 valence electrons. The number of nitrogens with zero attached hydrogens (tertiary/aromatic N) is 1. The molecule has 3 aliphatic rings. The quantitative estimate of drug-likeness (QED) is 0.810. The van der Waals surface area contributed by atoms with E-state index in [1.165, 1.54) is 19.3 Å². The van der Waals surface area contributed by atoms with Crippen molar-refractivity contribution < 1.29 is 14.6 Å². The molecule has 0 bridgehead atoms. The van der Waals surface area contributed by atoms with E-state index < -0.39 is 5.60 Å². The maximum atomic E-state index is 12.6. The standard InChI is InChI=1S/C18H32N2O3/c21-16(19-15-18(22)8-2-1-3-9-18)14-17(6-4-5-7-17)20-10-12-23-13-11-20/h22H,1-15H2,(H,19,21). The van der Waals surface area contributed by atoms with Crippen LogP contribution in [0.15, 0.2) is 0 Å². The first kappa shape index (κ1) is 17.2. The number of morpholine rings is 1. The zero-order chi connectivity index (χ0) is 16.2. The van der Waals surface area contributed by atoms with Crippen molar-refractivity contribution in [2.24, 2.45) is 0 Å². The molecule has 2 aliphatic carbocycles. The zero-order valence-electron chi connectivity index (χ0n) is 14.3. The van der Waals surface area contributed by atoms with Gasteiger partial charge in [-0.15, -0.1) is 0 Å². The van der Waals surface area contributed by atoms with Crippen LogP contribution in [0.4, 0.5) is 0 Å². The number of hydrogen-bond acceptors (Lipinski definition) is 4. The van der Waals surface area contributed by atoms with Crippen LogP contribution in [0.25, 0.3) is 0 Å². The van der Waals surface area contributed by atoms with Crippen molar-refractivity contribution in [2.75, 3.05) is 32.8 Å². The molecule has 0 aromatic carbocycles. The number of aliphatic hydroxyl groups is 1. The summed E-state index contributed by atoms with van der Waals surface area (Å²) in [6.07, 6.45) is 10.2. The van der Waals surface area contributed by atoms with Crippen molar-refractivity contribution in [2.45, 2.75) is 75.3 Å². The molecule has 3 fully saturated rings. The van der Waals surface area contributed by atoms with Crippen molar-refractivity contribution >= 4 is 5.91 Å². The molecule has 0 unspecified atom stereocenters. The molecule has 0 aromatic rings. The summed E-state index contributed by atoms with van der Waals surface area (Å²) < 4.78 is 5.47. The molecule has 5 nitrogen and oxygen atoms in total. The molecular weight excluding hydrogens is 292 g/mol. The third-order valence-electron chi connectivity index (χ3n) is 6.10. The van der Waals surface area contributed by atoms with E-state index in [0.717, 1.165) is 64.8 Å². The largest absolute Gasteiger partial charge is 0.388 e. The fourth-order valence-corrected chi connectivity index (χ4v) is 4.69. The molecule has 23 heavy (non-hydrogen) atoms. The SMILES string of the molecule is O=C(CC1(N2CCOCC2)CCCC1)NCC1(O)CCCCC1. The summed E-state index contributed by atoms with van der Waals surface area (Å²) in [7, 11) is 0. The minimum absolute atomic E-state index is 0.0308. The van der Waals surface area contributed by atoms with Crippen LogP contribution in [0.5, 0.6) is 0 Å². The predicted octanol–water partition coefficient (Wildman–Crippen LogP) is 1.83. The molecule has 0 spiro atoms. The van der Waals surface area contributed by atoms with E-state index in [0.29, 0.717) is 13.0 Å². The molecule has 2 saturated carbocycles. The summed E-state index contributed by atoms with van der Waals surface area (Å²) >= 11 is 0. The molecule has 1 saturated heterocycles. The van der Waals surface area contributed by atoms with Crippen LogP contribution in [0, 0.1) is 0 Å². The number of amides is 1. The maximum absolute atomic E-state index is 12.6. The fourth-order valence-electron chi connectivity index (χ4n) is 4.69. The second-order valence-electron chi connectivity index (χ2n) is 7.77. The number of nitrogens with one attached hydrogen (secondary N) is 1. The Morgan fingerprint density at radius 2 is 1.61 bits per heavy atom. The van der Waals surface area contributed by atoms with Crippen molar-refractivity contribution in [1.29, 1.82) is 0 Å². The highest BCUT2D eigenvalue weighted by Crippen LogP contribution is 2.38. The number of carbonyl (C=O) groups excluding carboxylic acids is 1. The number of hydrogen-bond donors (Lipinski definition) is 2. The smallest absolute Gasteiger partial charge is 0.221 e. The van der Waals surface area contributed by atoms with E-state index >= 15 is 0 Å². The summed E-state index contributed by atoms with van der Waals surface area (Å²) in [6.45, 7) is 3.87. The van der Waals surface area contributed by atoms with E-state index in [1.54, 1.807) is 0 Å². The zero-order valence-corrected chi connectivity index (χ0v) is 14.3. The second-order valence-corrected chi connectivity index (χ2v) is 7.77. The third-order valence-corrected chi connectivity index (χ3v) is 6.10. The van der Waals surface area contributed by atoms with Crippen LogP contribution in [-0.4, -0.2) is 59.9 Å². The topological polar surface area (TPSA) is 61.8 Å². The molecule has 0 aromatic heterocycles. The second kappa shape index (κ2) is 7.49. The normalized spacial score (nSPS) is 27.7. The van der Waals surface area contributed by atoms with Gasteiger partial charge in [0.05, 0.1) is 18.8 Å². The number of carbonyl (C=O) groups is 1. The molecule has 1 aliphatic heterocycles. The van der Waals surface area contributed by atoms with Crippen LogP contribution < -0.4 is 5.32 Å². The van der Waals surface area contributed by atoms with Crippen LogP contribution in [-0.2, 0) is 9.53 Å². The highest BCUT2D eigenvalue weighted by atomic mass is 16.5. The molecular formula is C18H32N2O3. The Kier molecular flexibility index (Phi) is 5.60. The van der Waals surface area contributed by atoms with E-state index in [4.69, 9.17) is 4.74 Å². The lowest BCUT2D eigenvalue weighted by Crippen LogP contribution is -2.54. The van der Waals surface area contributed by atoms with Crippen molar-refractivity contribution in [1.82, 2.24) is 10.2 Å². The number of rotatable bonds is 5. The molecule has 1 amide bonds. The van der Waals surface area contributed by atoms with Gasteiger partial charge in [0.2, 0.25) is 5.91 Å². The summed E-state index contributed by atoms with van der Waals surface area (Å²) in [5.41, 5.74) is -0.640. The van der Waals surface area contributed by atoms with Gasteiger partial charge in [-0.2, -0.15) is 0 Å². The van der Waals surface area contributed by atoms with Gasteiger partial charge in [0, 0.05) is 31.6 Å². The lowest BCUT2D eigenvalue weighted by atomic mass is 9.84. The minimum atomic E-state index is -0.671. The Hall–Kier alpha value is -0.650. The van der Waals surface area contributed by atoms with Crippen molar-refractivity contribution in [3.05, 3.63) is 0 Å². The van der Waals surface area contributed by atoms with Gasteiger partial charge >= 0.3 is 0 Å². The van der Waals surface area contributed by atoms with Crippen molar-refractivity contribution in [3.63, 3.8) is 0 Å². The average molecular weight is 324 g/mol. The Morgan fingerprint density at radius 1 is 1.00 bits per heavy atom. The van der Waals surface area contributed by atoms with E-state index in [2.05, 4.69) is 10.2 Å².